The number of carbonyl (C=O) groups is 1. The van der Waals surface area contributed by atoms with Crippen molar-refractivity contribution in [3.05, 3.63) is 34.4 Å². The summed E-state index contributed by atoms with van der Waals surface area (Å²) in [5.41, 5.74) is 1.72. The van der Waals surface area contributed by atoms with Gasteiger partial charge >= 0.3 is 0 Å². The Morgan fingerprint density at radius 2 is 2.24 bits per heavy atom. The second kappa shape index (κ2) is 5.02. The van der Waals surface area contributed by atoms with E-state index in [4.69, 9.17) is 0 Å². The van der Waals surface area contributed by atoms with Gasteiger partial charge in [-0.15, -0.1) is 0 Å². The Balaban J connectivity index is 2.30. The number of para-hydroxylation sites is 1. The van der Waals surface area contributed by atoms with Crippen molar-refractivity contribution < 1.29 is 4.79 Å². The van der Waals surface area contributed by atoms with E-state index in [0.717, 1.165) is 20.9 Å². The SMILES string of the molecule is CC(C)NCC(=O)c1c[nH]c2c(Br)cccc12. The number of Topliss-reactive ketones (excluding diaryl/α,β-unsaturated/α-hetero) is 1. The van der Waals surface area contributed by atoms with Crippen molar-refractivity contribution in [1.29, 1.82) is 0 Å². The second-order valence-electron chi connectivity index (χ2n) is 4.32. The highest BCUT2D eigenvalue weighted by Crippen LogP contribution is 2.25. The molecule has 0 bridgehead atoms. The zero-order valence-electron chi connectivity index (χ0n) is 9.88. The summed E-state index contributed by atoms with van der Waals surface area (Å²) < 4.78 is 0.978. The van der Waals surface area contributed by atoms with Crippen LogP contribution in [0.25, 0.3) is 10.9 Å². The van der Waals surface area contributed by atoms with Crippen LogP contribution in [0.2, 0.25) is 0 Å². The molecule has 4 heteroatoms. The largest absolute Gasteiger partial charge is 0.360 e. The van der Waals surface area contributed by atoms with Crippen molar-refractivity contribution in [3.8, 4) is 0 Å². The van der Waals surface area contributed by atoms with E-state index < -0.39 is 0 Å². The number of hydrogen-bond acceptors (Lipinski definition) is 2. The summed E-state index contributed by atoms with van der Waals surface area (Å²) in [7, 11) is 0. The molecule has 0 spiro atoms. The number of halogens is 1. The van der Waals surface area contributed by atoms with Gasteiger partial charge in [-0.3, -0.25) is 4.79 Å². The van der Waals surface area contributed by atoms with Gasteiger partial charge in [0.2, 0.25) is 0 Å². The highest BCUT2D eigenvalue weighted by molar-refractivity contribution is 9.10. The van der Waals surface area contributed by atoms with Gasteiger partial charge in [0.05, 0.1) is 12.1 Å². The minimum atomic E-state index is 0.114. The number of H-pyrrole nitrogens is 1. The third-order valence-electron chi connectivity index (χ3n) is 2.64. The van der Waals surface area contributed by atoms with Crippen molar-refractivity contribution in [2.45, 2.75) is 19.9 Å². The number of carbonyl (C=O) groups excluding carboxylic acids is 1. The molecule has 0 saturated carbocycles. The molecule has 0 unspecified atom stereocenters. The molecule has 0 aliphatic carbocycles. The highest BCUT2D eigenvalue weighted by atomic mass is 79.9. The molecule has 1 aromatic carbocycles. The van der Waals surface area contributed by atoms with Gasteiger partial charge in [-0.05, 0) is 22.0 Å². The molecule has 1 heterocycles. The zero-order chi connectivity index (χ0) is 12.4. The molecule has 2 aromatic rings. The van der Waals surface area contributed by atoms with E-state index in [-0.39, 0.29) is 5.78 Å². The maximum Gasteiger partial charge on any atom is 0.178 e. The fraction of sp³-hybridized carbons (Fsp3) is 0.308. The monoisotopic (exact) mass is 294 g/mol. The molecule has 2 N–H and O–H groups in total. The summed E-state index contributed by atoms with van der Waals surface area (Å²) in [6, 6.07) is 6.17. The highest BCUT2D eigenvalue weighted by Gasteiger charge is 2.13. The fourth-order valence-corrected chi connectivity index (χ4v) is 2.22. The molecule has 0 fully saturated rings. The summed E-state index contributed by atoms with van der Waals surface area (Å²) in [5, 5.41) is 4.11. The average Bonchev–Trinajstić information content (AvgIpc) is 2.71. The summed E-state index contributed by atoms with van der Waals surface area (Å²) >= 11 is 3.46. The Bertz CT molecular complexity index is 545. The quantitative estimate of drug-likeness (QED) is 0.851. The summed E-state index contributed by atoms with van der Waals surface area (Å²) in [6.07, 6.45) is 1.78. The Morgan fingerprint density at radius 1 is 1.47 bits per heavy atom. The van der Waals surface area contributed by atoms with Crippen LogP contribution in [0.1, 0.15) is 24.2 Å². The van der Waals surface area contributed by atoms with Crippen LogP contribution in [0.5, 0.6) is 0 Å². The van der Waals surface area contributed by atoms with Crippen molar-refractivity contribution in [3.63, 3.8) is 0 Å². The lowest BCUT2D eigenvalue weighted by atomic mass is 10.1. The molecule has 0 aliphatic rings. The van der Waals surface area contributed by atoms with E-state index in [1.54, 1.807) is 6.20 Å². The van der Waals surface area contributed by atoms with Gasteiger partial charge in [0, 0.05) is 27.7 Å². The van der Waals surface area contributed by atoms with Crippen LogP contribution < -0.4 is 5.32 Å². The molecular formula is C13H15BrN2O. The van der Waals surface area contributed by atoms with Crippen molar-refractivity contribution in [1.82, 2.24) is 10.3 Å². The van der Waals surface area contributed by atoms with Gasteiger partial charge in [-0.25, -0.2) is 0 Å². The third kappa shape index (κ3) is 2.58. The van der Waals surface area contributed by atoms with Crippen LogP contribution in [-0.2, 0) is 0 Å². The first-order valence-electron chi connectivity index (χ1n) is 5.61. The molecular weight excluding hydrogens is 280 g/mol. The third-order valence-corrected chi connectivity index (χ3v) is 3.30. The van der Waals surface area contributed by atoms with E-state index >= 15 is 0 Å². The van der Waals surface area contributed by atoms with Gasteiger partial charge in [-0.2, -0.15) is 0 Å². The smallest absolute Gasteiger partial charge is 0.178 e. The van der Waals surface area contributed by atoms with Gasteiger partial charge in [0.25, 0.3) is 0 Å². The minimum Gasteiger partial charge on any atom is -0.360 e. The predicted molar refractivity (Wildman–Crippen MR) is 73.5 cm³/mol. The van der Waals surface area contributed by atoms with Gasteiger partial charge < -0.3 is 10.3 Å². The minimum absolute atomic E-state index is 0.114. The zero-order valence-corrected chi connectivity index (χ0v) is 11.5. The Morgan fingerprint density at radius 3 is 2.94 bits per heavy atom. The number of rotatable bonds is 4. The van der Waals surface area contributed by atoms with E-state index in [9.17, 15) is 4.79 Å². The molecule has 1 aromatic heterocycles. The molecule has 3 nitrogen and oxygen atoms in total. The maximum atomic E-state index is 12.0. The van der Waals surface area contributed by atoms with Gasteiger partial charge in [-0.1, -0.05) is 26.0 Å². The summed E-state index contributed by atoms with van der Waals surface area (Å²) in [4.78, 5) is 15.2. The fourth-order valence-electron chi connectivity index (χ4n) is 1.74. The lowest BCUT2D eigenvalue weighted by molar-refractivity contribution is 0.0990. The number of fused-ring (bicyclic) bond motifs is 1. The van der Waals surface area contributed by atoms with Crippen LogP contribution in [0.3, 0.4) is 0 Å². The number of ketones is 1. The number of aromatic nitrogens is 1. The van der Waals surface area contributed by atoms with Gasteiger partial charge in [0.1, 0.15) is 0 Å². The van der Waals surface area contributed by atoms with Crippen LogP contribution in [0, 0.1) is 0 Å². The molecule has 0 atom stereocenters. The molecule has 0 aliphatic heterocycles. The number of benzene rings is 1. The molecule has 2 rings (SSSR count). The Labute approximate surface area is 109 Å². The molecule has 90 valence electrons. The second-order valence-corrected chi connectivity index (χ2v) is 5.18. The first-order chi connectivity index (χ1) is 8.09. The first-order valence-corrected chi connectivity index (χ1v) is 6.41. The van der Waals surface area contributed by atoms with Crippen molar-refractivity contribution >= 4 is 32.6 Å². The summed E-state index contributed by atoms with van der Waals surface area (Å²) in [6.45, 7) is 4.43. The number of aromatic amines is 1. The summed E-state index contributed by atoms with van der Waals surface area (Å²) in [5.74, 6) is 0.114. The first kappa shape index (κ1) is 12.3. The topological polar surface area (TPSA) is 44.9 Å². The molecule has 0 radical (unpaired) electrons. The maximum absolute atomic E-state index is 12.0. The molecule has 17 heavy (non-hydrogen) atoms. The van der Waals surface area contributed by atoms with E-state index in [1.807, 2.05) is 32.0 Å². The average molecular weight is 295 g/mol. The van der Waals surface area contributed by atoms with Crippen LogP contribution in [-0.4, -0.2) is 23.4 Å². The van der Waals surface area contributed by atoms with Crippen molar-refractivity contribution in [2.24, 2.45) is 0 Å². The lowest BCUT2D eigenvalue weighted by Crippen LogP contribution is -2.29. The Hall–Kier alpha value is -1.13. The van der Waals surface area contributed by atoms with Crippen LogP contribution in [0.15, 0.2) is 28.9 Å². The van der Waals surface area contributed by atoms with Crippen LogP contribution >= 0.6 is 15.9 Å². The van der Waals surface area contributed by atoms with Crippen LogP contribution in [0.4, 0.5) is 0 Å². The van der Waals surface area contributed by atoms with Crippen molar-refractivity contribution in [2.75, 3.05) is 6.54 Å². The van der Waals surface area contributed by atoms with E-state index in [2.05, 4.69) is 26.2 Å². The normalized spacial score (nSPS) is 11.3. The molecule has 0 amide bonds. The lowest BCUT2D eigenvalue weighted by Gasteiger charge is -2.06. The number of nitrogens with one attached hydrogen (secondary N) is 2. The number of hydrogen-bond donors (Lipinski definition) is 2. The van der Waals surface area contributed by atoms with Gasteiger partial charge in [0.15, 0.2) is 5.78 Å². The van der Waals surface area contributed by atoms with E-state index in [0.29, 0.717) is 12.6 Å². The van der Waals surface area contributed by atoms with E-state index in [1.165, 1.54) is 0 Å². The predicted octanol–water partition coefficient (Wildman–Crippen LogP) is 3.11. The standard InChI is InChI=1S/C13H15BrN2O/c1-8(2)15-7-12(17)10-6-16-13-9(10)4-3-5-11(13)14/h3-6,8,15-16H,7H2,1-2H3. The Kier molecular flexibility index (Phi) is 3.64. The molecule has 0 saturated heterocycles.